The summed E-state index contributed by atoms with van der Waals surface area (Å²) >= 11 is 5.83. The van der Waals surface area contributed by atoms with Crippen LogP contribution in [0.25, 0.3) is 0 Å². The second-order valence-electron chi connectivity index (χ2n) is 3.59. The molecule has 0 unspecified atom stereocenters. The largest absolute Gasteiger partial charge is 0.345 e. The lowest BCUT2D eigenvalue weighted by Gasteiger charge is -2.21. The Morgan fingerprint density at radius 1 is 1.47 bits per heavy atom. The van der Waals surface area contributed by atoms with Crippen LogP contribution >= 0.6 is 11.6 Å². The first-order valence-electron chi connectivity index (χ1n) is 5.27. The van der Waals surface area contributed by atoms with Gasteiger partial charge in [-0.1, -0.05) is 29.7 Å². The number of benzene rings is 1. The topological polar surface area (TPSA) is 27.6 Å². The number of terminal acetylenes is 1. The van der Waals surface area contributed by atoms with Gasteiger partial charge < -0.3 is 10.2 Å². The van der Waals surface area contributed by atoms with Crippen LogP contribution in [0.1, 0.15) is 5.56 Å². The van der Waals surface area contributed by atoms with Crippen LogP contribution in [0.2, 0.25) is 5.02 Å². The first-order valence-corrected chi connectivity index (χ1v) is 5.65. The third-order valence-corrected chi connectivity index (χ3v) is 2.51. The molecule has 1 aromatic rings. The number of aliphatic imine (C=N–C) groups is 1. The first-order chi connectivity index (χ1) is 8.17. The van der Waals surface area contributed by atoms with E-state index in [1.165, 1.54) is 5.56 Å². The maximum atomic E-state index is 5.83. The quantitative estimate of drug-likeness (QED) is 0.504. The molecule has 4 heteroatoms. The molecular formula is C13H16ClN3. The van der Waals surface area contributed by atoms with Crippen molar-refractivity contribution in [3.8, 4) is 12.3 Å². The molecule has 0 atom stereocenters. The Labute approximate surface area is 107 Å². The fraction of sp³-hybridized carbons (Fsp3) is 0.308. The Hall–Kier alpha value is -1.66. The van der Waals surface area contributed by atoms with E-state index in [0.29, 0.717) is 6.54 Å². The molecular weight excluding hydrogens is 234 g/mol. The molecule has 0 aliphatic heterocycles. The van der Waals surface area contributed by atoms with Crippen molar-refractivity contribution in [3.05, 3.63) is 34.9 Å². The lowest BCUT2D eigenvalue weighted by Crippen LogP contribution is -2.38. The van der Waals surface area contributed by atoms with Crippen molar-refractivity contribution in [2.75, 3.05) is 20.6 Å². The van der Waals surface area contributed by atoms with E-state index in [1.807, 2.05) is 36.2 Å². The molecule has 0 aliphatic carbocycles. The number of halogens is 1. The molecule has 1 N–H and O–H groups in total. The fourth-order valence-electron chi connectivity index (χ4n) is 1.45. The number of hydrogen-bond acceptors (Lipinski definition) is 1. The van der Waals surface area contributed by atoms with Gasteiger partial charge in [0.2, 0.25) is 0 Å². The van der Waals surface area contributed by atoms with E-state index in [1.54, 1.807) is 7.05 Å². The van der Waals surface area contributed by atoms with Crippen LogP contribution in [-0.4, -0.2) is 31.5 Å². The van der Waals surface area contributed by atoms with Crippen molar-refractivity contribution in [2.45, 2.75) is 6.54 Å². The molecule has 17 heavy (non-hydrogen) atoms. The molecule has 0 fully saturated rings. The molecule has 3 nitrogen and oxygen atoms in total. The molecule has 0 spiro atoms. The van der Waals surface area contributed by atoms with Gasteiger partial charge >= 0.3 is 0 Å². The van der Waals surface area contributed by atoms with E-state index in [0.717, 1.165) is 17.5 Å². The minimum Gasteiger partial charge on any atom is -0.345 e. The van der Waals surface area contributed by atoms with Crippen LogP contribution in [0.3, 0.4) is 0 Å². The Morgan fingerprint density at radius 3 is 2.65 bits per heavy atom. The van der Waals surface area contributed by atoms with Gasteiger partial charge in [-0.25, -0.2) is 0 Å². The normalized spacial score (nSPS) is 10.8. The Balaban J connectivity index is 2.61. The molecule has 0 bridgehead atoms. The van der Waals surface area contributed by atoms with Crippen molar-refractivity contribution in [2.24, 2.45) is 4.99 Å². The first kappa shape index (κ1) is 13.4. The second-order valence-corrected chi connectivity index (χ2v) is 4.02. The van der Waals surface area contributed by atoms with Gasteiger partial charge in [0.15, 0.2) is 5.96 Å². The summed E-state index contributed by atoms with van der Waals surface area (Å²) in [5, 5.41) is 3.81. The molecule has 0 amide bonds. The van der Waals surface area contributed by atoms with Crippen molar-refractivity contribution >= 4 is 17.6 Å². The molecule has 90 valence electrons. The van der Waals surface area contributed by atoms with E-state index in [2.05, 4.69) is 16.2 Å². The Morgan fingerprint density at radius 2 is 2.12 bits per heavy atom. The Bertz CT molecular complexity index is 417. The number of nitrogens with one attached hydrogen (secondary N) is 1. The third-order valence-electron chi connectivity index (χ3n) is 2.25. The van der Waals surface area contributed by atoms with Gasteiger partial charge in [0, 0.05) is 25.7 Å². The van der Waals surface area contributed by atoms with Gasteiger partial charge in [-0.2, -0.15) is 0 Å². The minimum absolute atomic E-state index is 0.470. The maximum Gasteiger partial charge on any atom is 0.194 e. The predicted octanol–water partition coefficient (Wildman–Crippen LogP) is 1.98. The van der Waals surface area contributed by atoms with Gasteiger partial charge in [-0.15, -0.1) is 6.42 Å². The van der Waals surface area contributed by atoms with Crippen molar-refractivity contribution in [1.82, 2.24) is 10.2 Å². The standard InChI is InChI=1S/C13H16ClN3/c1-4-9-16-13(15-2)17(3)10-11-5-7-12(14)8-6-11/h1,5-8H,9-10H2,2-3H3,(H,15,16). The highest BCUT2D eigenvalue weighted by atomic mass is 35.5. The van der Waals surface area contributed by atoms with Gasteiger partial charge in [-0.3, -0.25) is 4.99 Å². The van der Waals surface area contributed by atoms with Gasteiger partial charge in [0.1, 0.15) is 0 Å². The lowest BCUT2D eigenvalue weighted by atomic mass is 10.2. The highest BCUT2D eigenvalue weighted by Crippen LogP contribution is 2.10. The molecule has 0 saturated heterocycles. The van der Waals surface area contributed by atoms with Crippen LogP contribution < -0.4 is 5.32 Å². The summed E-state index contributed by atoms with van der Waals surface area (Å²) in [6, 6.07) is 7.74. The van der Waals surface area contributed by atoms with Crippen LogP contribution in [-0.2, 0) is 6.54 Å². The highest BCUT2D eigenvalue weighted by Gasteiger charge is 2.05. The molecule has 0 heterocycles. The minimum atomic E-state index is 0.470. The highest BCUT2D eigenvalue weighted by molar-refractivity contribution is 6.30. The predicted molar refractivity (Wildman–Crippen MR) is 73.1 cm³/mol. The fourth-order valence-corrected chi connectivity index (χ4v) is 1.58. The van der Waals surface area contributed by atoms with Crippen LogP contribution in [0.15, 0.2) is 29.3 Å². The van der Waals surface area contributed by atoms with E-state index < -0.39 is 0 Å². The molecule has 0 radical (unpaired) electrons. The molecule has 1 aromatic carbocycles. The number of hydrogen-bond donors (Lipinski definition) is 1. The van der Waals surface area contributed by atoms with E-state index in [4.69, 9.17) is 18.0 Å². The summed E-state index contributed by atoms with van der Waals surface area (Å²) in [7, 11) is 3.69. The monoisotopic (exact) mass is 249 g/mol. The second kappa shape index (κ2) is 6.82. The SMILES string of the molecule is C#CCNC(=NC)N(C)Cc1ccc(Cl)cc1. The van der Waals surface area contributed by atoms with Crippen LogP contribution in [0, 0.1) is 12.3 Å². The van der Waals surface area contributed by atoms with Gasteiger partial charge in [0.25, 0.3) is 0 Å². The zero-order chi connectivity index (χ0) is 12.7. The summed E-state index contributed by atoms with van der Waals surface area (Å²) in [5.41, 5.74) is 1.17. The zero-order valence-electron chi connectivity index (χ0n) is 10.1. The summed E-state index contributed by atoms with van der Waals surface area (Å²) in [6.07, 6.45) is 5.20. The van der Waals surface area contributed by atoms with E-state index in [9.17, 15) is 0 Å². The number of rotatable bonds is 3. The van der Waals surface area contributed by atoms with Gasteiger partial charge in [0.05, 0.1) is 6.54 Å². The van der Waals surface area contributed by atoms with Gasteiger partial charge in [-0.05, 0) is 17.7 Å². The van der Waals surface area contributed by atoms with Crippen LogP contribution in [0.5, 0.6) is 0 Å². The molecule has 0 aliphatic rings. The van der Waals surface area contributed by atoms with E-state index in [-0.39, 0.29) is 0 Å². The Kier molecular flexibility index (Phi) is 5.38. The number of guanidine groups is 1. The lowest BCUT2D eigenvalue weighted by molar-refractivity contribution is 0.481. The average Bonchev–Trinajstić information content (AvgIpc) is 2.33. The van der Waals surface area contributed by atoms with Crippen molar-refractivity contribution < 1.29 is 0 Å². The summed E-state index contributed by atoms with van der Waals surface area (Å²) in [5.74, 6) is 3.30. The van der Waals surface area contributed by atoms with Crippen molar-refractivity contribution in [3.63, 3.8) is 0 Å². The number of nitrogens with zero attached hydrogens (tertiary/aromatic N) is 2. The van der Waals surface area contributed by atoms with Crippen molar-refractivity contribution in [1.29, 1.82) is 0 Å². The molecule has 1 rings (SSSR count). The molecule has 0 aromatic heterocycles. The smallest absolute Gasteiger partial charge is 0.194 e. The summed E-state index contributed by atoms with van der Waals surface area (Å²) in [4.78, 5) is 6.15. The average molecular weight is 250 g/mol. The van der Waals surface area contributed by atoms with Crippen LogP contribution in [0.4, 0.5) is 0 Å². The molecule has 0 saturated carbocycles. The maximum absolute atomic E-state index is 5.83. The zero-order valence-corrected chi connectivity index (χ0v) is 10.8. The summed E-state index contributed by atoms with van der Waals surface area (Å²) < 4.78 is 0. The van der Waals surface area contributed by atoms with E-state index >= 15 is 0 Å². The third kappa shape index (κ3) is 4.38. The summed E-state index contributed by atoms with van der Waals surface area (Å²) in [6.45, 7) is 1.22.